The highest BCUT2D eigenvalue weighted by Crippen LogP contribution is 1.93. The van der Waals surface area contributed by atoms with Crippen molar-refractivity contribution in [1.29, 1.82) is 0 Å². The number of rotatable bonds is 6. The van der Waals surface area contributed by atoms with E-state index in [4.69, 9.17) is 5.11 Å². The van der Waals surface area contributed by atoms with Crippen LogP contribution in [0.3, 0.4) is 0 Å². The van der Waals surface area contributed by atoms with Crippen LogP contribution >= 0.6 is 0 Å². The average molecular weight is 197 g/mol. The van der Waals surface area contributed by atoms with Crippen molar-refractivity contribution in [2.75, 3.05) is 12.9 Å². The van der Waals surface area contributed by atoms with Crippen LogP contribution < -0.4 is 4.89 Å². The van der Waals surface area contributed by atoms with Crippen molar-refractivity contribution in [3.05, 3.63) is 0 Å². The highest BCUT2D eigenvalue weighted by atomic mass is 32.2. The molecule has 6 nitrogen and oxygen atoms in total. The van der Waals surface area contributed by atoms with E-state index in [1.54, 1.807) is 4.89 Å². The molecule has 7 heteroatoms. The summed E-state index contributed by atoms with van der Waals surface area (Å²) in [4.78, 5) is 16.0. The fourth-order valence-electron chi connectivity index (χ4n) is 0.582. The summed E-state index contributed by atoms with van der Waals surface area (Å²) in [5.74, 6) is -1.25. The molecule has 0 aliphatic carbocycles. The Morgan fingerprint density at radius 1 is 1.58 bits per heavy atom. The smallest absolute Gasteiger partial charge is 0.303 e. The molecular formula is C5H11NO5S. The average Bonchev–Trinajstić information content (AvgIpc) is 1.85. The molecule has 0 unspecified atom stereocenters. The summed E-state index contributed by atoms with van der Waals surface area (Å²) in [6.07, 6.45) is -0.0847. The molecule has 72 valence electrons. The van der Waals surface area contributed by atoms with Crippen LogP contribution in [-0.4, -0.2) is 32.4 Å². The Hall–Kier alpha value is -0.660. The maximum Gasteiger partial charge on any atom is 0.303 e. The Labute approximate surface area is 70.5 Å². The van der Waals surface area contributed by atoms with Gasteiger partial charge in [-0.05, 0) is 6.42 Å². The van der Waals surface area contributed by atoms with Gasteiger partial charge in [-0.3, -0.25) is 9.63 Å². The molecule has 0 fully saturated rings. The van der Waals surface area contributed by atoms with Crippen molar-refractivity contribution in [2.24, 2.45) is 0 Å². The second-order valence-corrected chi connectivity index (χ2v) is 3.91. The zero-order valence-electron chi connectivity index (χ0n) is 6.61. The standard InChI is InChI=1S/C5H11NO5S/c1-11-6-12(9,10)4-2-3-5(7)8/h6H,2-4H2,1H3,(H,7,8). The minimum atomic E-state index is -3.46. The Kier molecular flexibility index (Phi) is 4.79. The third-order valence-corrected chi connectivity index (χ3v) is 2.26. The molecule has 0 atom stereocenters. The Bertz CT molecular complexity index is 234. The van der Waals surface area contributed by atoms with Crippen LogP contribution in [0.15, 0.2) is 0 Å². The third kappa shape index (κ3) is 6.08. The van der Waals surface area contributed by atoms with Crippen LogP contribution in [0, 0.1) is 0 Å². The minimum Gasteiger partial charge on any atom is -0.481 e. The van der Waals surface area contributed by atoms with Gasteiger partial charge >= 0.3 is 5.97 Å². The molecule has 0 aromatic carbocycles. The maximum atomic E-state index is 10.8. The lowest BCUT2D eigenvalue weighted by Gasteiger charge is -2.01. The van der Waals surface area contributed by atoms with Crippen LogP contribution in [0.25, 0.3) is 0 Å². The van der Waals surface area contributed by atoms with Gasteiger partial charge in [0.1, 0.15) is 0 Å². The molecule has 0 bridgehead atoms. The lowest BCUT2D eigenvalue weighted by Crippen LogP contribution is -2.25. The molecule has 0 spiro atoms. The van der Waals surface area contributed by atoms with E-state index >= 15 is 0 Å². The maximum absolute atomic E-state index is 10.8. The fourth-order valence-corrected chi connectivity index (χ4v) is 1.44. The Morgan fingerprint density at radius 3 is 2.58 bits per heavy atom. The van der Waals surface area contributed by atoms with E-state index in [1.165, 1.54) is 7.11 Å². The van der Waals surface area contributed by atoms with Gasteiger partial charge in [0.2, 0.25) is 10.0 Å². The van der Waals surface area contributed by atoms with Crippen LogP contribution in [0.5, 0.6) is 0 Å². The van der Waals surface area contributed by atoms with Crippen molar-refractivity contribution in [3.63, 3.8) is 0 Å². The van der Waals surface area contributed by atoms with Gasteiger partial charge in [0.05, 0.1) is 12.9 Å². The summed E-state index contributed by atoms with van der Waals surface area (Å²) in [5, 5.41) is 8.19. The summed E-state index contributed by atoms with van der Waals surface area (Å²) < 4.78 is 21.6. The highest BCUT2D eigenvalue weighted by molar-refractivity contribution is 7.89. The van der Waals surface area contributed by atoms with Crippen LogP contribution in [0.1, 0.15) is 12.8 Å². The first kappa shape index (κ1) is 11.3. The SMILES string of the molecule is CONS(=O)(=O)CCCC(=O)O. The van der Waals surface area contributed by atoms with Gasteiger partial charge in [-0.1, -0.05) is 4.89 Å². The topological polar surface area (TPSA) is 92.7 Å². The summed E-state index contributed by atoms with van der Waals surface area (Å²) in [6.45, 7) is 0. The van der Waals surface area contributed by atoms with E-state index in [0.717, 1.165) is 0 Å². The Morgan fingerprint density at radius 2 is 2.17 bits per heavy atom. The second kappa shape index (κ2) is 5.07. The second-order valence-electron chi connectivity index (χ2n) is 2.10. The van der Waals surface area contributed by atoms with E-state index in [9.17, 15) is 13.2 Å². The van der Waals surface area contributed by atoms with Crippen molar-refractivity contribution in [1.82, 2.24) is 4.89 Å². The predicted molar refractivity (Wildman–Crippen MR) is 40.8 cm³/mol. The summed E-state index contributed by atoms with van der Waals surface area (Å²) in [5.41, 5.74) is 0. The number of sulfonamides is 1. The van der Waals surface area contributed by atoms with E-state index < -0.39 is 16.0 Å². The molecule has 0 saturated carbocycles. The molecule has 0 aromatic rings. The van der Waals surface area contributed by atoms with Crippen LogP contribution in [0.4, 0.5) is 0 Å². The molecule has 0 aromatic heterocycles. The summed E-state index contributed by atoms with van der Waals surface area (Å²) in [6, 6.07) is 0. The van der Waals surface area contributed by atoms with Crippen molar-refractivity contribution in [2.45, 2.75) is 12.8 Å². The minimum absolute atomic E-state index is 0.0774. The first-order valence-corrected chi connectivity index (χ1v) is 4.87. The molecule has 0 amide bonds. The van der Waals surface area contributed by atoms with Gasteiger partial charge in [-0.15, -0.1) is 0 Å². The Balaban J connectivity index is 3.69. The molecule has 0 rings (SSSR count). The van der Waals surface area contributed by atoms with Crippen molar-refractivity contribution >= 4 is 16.0 Å². The van der Waals surface area contributed by atoms with E-state index in [-0.39, 0.29) is 18.6 Å². The molecule has 2 N–H and O–H groups in total. The number of nitrogens with one attached hydrogen (secondary N) is 1. The van der Waals surface area contributed by atoms with Gasteiger partial charge in [-0.25, -0.2) is 8.42 Å². The number of aliphatic carboxylic acids is 1. The first-order valence-electron chi connectivity index (χ1n) is 3.22. The zero-order valence-corrected chi connectivity index (χ0v) is 7.43. The molecule has 0 saturated heterocycles. The van der Waals surface area contributed by atoms with E-state index in [1.807, 2.05) is 0 Å². The lowest BCUT2D eigenvalue weighted by atomic mass is 10.3. The number of hydrogen-bond acceptors (Lipinski definition) is 4. The van der Waals surface area contributed by atoms with Gasteiger partial charge in [0.15, 0.2) is 0 Å². The first-order chi connectivity index (χ1) is 5.48. The van der Waals surface area contributed by atoms with Gasteiger partial charge < -0.3 is 5.11 Å². The lowest BCUT2D eigenvalue weighted by molar-refractivity contribution is -0.137. The number of carboxylic acid groups (broad SMARTS) is 1. The number of carbonyl (C=O) groups is 1. The van der Waals surface area contributed by atoms with Crippen LogP contribution in [-0.2, 0) is 19.7 Å². The monoisotopic (exact) mass is 197 g/mol. The van der Waals surface area contributed by atoms with E-state index in [2.05, 4.69) is 4.84 Å². The zero-order chi connectivity index (χ0) is 9.61. The molecular weight excluding hydrogens is 186 g/mol. The predicted octanol–water partition coefficient (Wildman–Crippen LogP) is -0.668. The quantitative estimate of drug-likeness (QED) is 0.551. The number of carboxylic acids is 1. The van der Waals surface area contributed by atoms with Crippen molar-refractivity contribution < 1.29 is 23.2 Å². The van der Waals surface area contributed by atoms with Crippen LogP contribution in [0.2, 0.25) is 0 Å². The summed E-state index contributed by atoms with van der Waals surface area (Å²) >= 11 is 0. The van der Waals surface area contributed by atoms with Gasteiger partial charge in [0.25, 0.3) is 0 Å². The van der Waals surface area contributed by atoms with Gasteiger partial charge in [-0.2, -0.15) is 0 Å². The largest absolute Gasteiger partial charge is 0.481 e. The molecule has 0 radical (unpaired) electrons. The molecule has 12 heavy (non-hydrogen) atoms. The molecule has 0 aliphatic rings. The normalized spacial score (nSPS) is 11.4. The highest BCUT2D eigenvalue weighted by Gasteiger charge is 2.09. The third-order valence-electron chi connectivity index (χ3n) is 1.01. The number of hydrogen-bond donors (Lipinski definition) is 2. The summed E-state index contributed by atoms with van der Waals surface area (Å²) in [7, 11) is -2.29. The molecule has 0 aliphatic heterocycles. The molecule has 0 heterocycles. The van der Waals surface area contributed by atoms with E-state index in [0.29, 0.717) is 0 Å². The van der Waals surface area contributed by atoms with Crippen molar-refractivity contribution in [3.8, 4) is 0 Å². The fraction of sp³-hybridized carbons (Fsp3) is 0.800. The van der Waals surface area contributed by atoms with Gasteiger partial charge in [0, 0.05) is 6.42 Å².